The highest BCUT2D eigenvalue weighted by Crippen LogP contribution is 2.49. The van der Waals surface area contributed by atoms with Gasteiger partial charge in [-0.3, -0.25) is 0 Å². The van der Waals surface area contributed by atoms with Crippen molar-refractivity contribution in [1.29, 1.82) is 0 Å². The van der Waals surface area contributed by atoms with Crippen molar-refractivity contribution in [3.63, 3.8) is 0 Å². The molecule has 10 rings (SSSR count). The molecular weight excluding hydrogens is 528 g/mol. The van der Waals surface area contributed by atoms with Crippen molar-refractivity contribution >= 4 is 75.4 Å². The van der Waals surface area contributed by atoms with Gasteiger partial charge in [0.05, 0.1) is 23.3 Å². The Hall–Kier alpha value is -5.72. The Labute approximate surface area is 278 Å². The Morgan fingerprint density at radius 1 is 0.341 bits per heavy atom. The van der Waals surface area contributed by atoms with Crippen LogP contribution in [0.1, 0.15) is 23.3 Å². The van der Waals surface area contributed by atoms with Gasteiger partial charge in [0, 0.05) is 0 Å². The molecule has 0 saturated carbocycles. The molecule has 0 spiro atoms. The summed E-state index contributed by atoms with van der Waals surface area (Å²) in [5, 5.41) is 2.47. The molecule has 0 saturated heterocycles. The summed E-state index contributed by atoms with van der Waals surface area (Å²) in [5.41, 5.74) is -0.537. The van der Waals surface area contributed by atoms with Gasteiger partial charge in [0.1, 0.15) is 0 Å². The fraction of sp³-hybridized carbons (Fsp3) is 0. The zero-order chi connectivity index (χ0) is 43.6. The van der Waals surface area contributed by atoms with E-state index in [4.69, 9.17) is 13.7 Å². The lowest BCUT2D eigenvalue weighted by molar-refractivity contribution is 1.70. The topological polar surface area (TPSA) is 0 Å². The molecule has 0 amide bonds. The zero-order valence-electron chi connectivity index (χ0n) is 39.7. The van der Waals surface area contributed by atoms with Crippen LogP contribution in [0.3, 0.4) is 0 Å². The first kappa shape index (κ1) is 12.9. The van der Waals surface area contributed by atoms with Crippen molar-refractivity contribution in [2.45, 2.75) is 0 Å². The minimum Gasteiger partial charge on any atom is -0.0616 e. The quantitative estimate of drug-likeness (QED) is 0.143. The molecule has 0 nitrogen and oxygen atoms in total. The van der Waals surface area contributed by atoms with Gasteiger partial charge in [-0.2, -0.15) is 0 Å². The fourth-order valence-electron chi connectivity index (χ4n) is 6.66. The lowest BCUT2D eigenvalue weighted by Crippen LogP contribution is -1.93. The highest BCUT2D eigenvalue weighted by atomic mass is 14.2. The predicted molar refractivity (Wildman–Crippen MR) is 191 cm³/mol. The molecule has 0 heterocycles. The second-order valence-corrected chi connectivity index (χ2v) is 10.7. The molecule has 0 radical (unpaired) electrons. The van der Waals surface area contributed by atoms with Crippen LogP contribution in [0, 0.1) is 0 Å². The molecule has 0 aromatic heterocycles. The second-order valence-electron chi connectivity index (χ2n) is 10.7. The van der Waals surface area contributed by atoms with E-state index in [0.29, 0.717) is 10.9 Å². The molecule has 10 aromatic carbocycles. The van der Waals surface area contributed by atoms with Crippen LogP contribution in [-0.2, 0) is 0 Å². The zero-order valence-corrected chi connectivity index (χ0v) is 22.7. The summed E-state index contributed by atoms with van der Waals surface area (Å²) in [6, 6.07) is 5.39. The molecule has 44 heavy (non-hydrogen) atoms. The van der Waals surface area contributed by atoms with Crippen molar-refractivity contribution in [1.82, 2.24) is 0 Å². The molecule has 0 aliphatic heterocycles. The molecular formula is C44H26. The maximum absolute atomic E-state index is 9.71. The predicted octanol–water partition coefficient (Wildman–Crippen LogP) is 12.5. The number of rotatable bonds is 2. The first-order chi connectivity index (χ1) is 28.9. The Kier molecular flexibility index (Phi) is 2.60. The molecule has 202 valence electrons. The summed E-state index contributed by atoms with van der Waals surface area (Å²) >= 11 is 0. The van der Waals surface area contributed by atoms with Crippen molar-refractivity contribution in [3.05, 3.63) is 157 Å². The van der Waals surface area contributed by atoms with Crippen LogP contribution in [0.25, 0.3) is 97.7 Å². The van der Waals surface area contributed by atoms with Gasteiger partial charge in [-0.15, -0.1) is 0 Å². The van der Waals surface area contributed by atoms with E-state index in [1.165, 1.54) is 0 Å². The third kappa shape index (κ3) is 3.23. The van der Waals surface area contributed by atoms with Crippen LogP contribution in [-0.4, -0.2) is 0 Å². The van der Waals surface area contributed by atoms with Crippen LogP contribution in [0.2, 0.25) is 0 Å². The lowest BCUT2D eigenvalue weighted by atomic mass is 9.82. The van der Waals surface area contributed by atoms with E-state index in [0.717, 1.165) is 26.9 Å². The minimum atomic E-state index is -0.769. The standard InChI is InChI=1S/C44H26/c1-2-10-32-26-33(19-16-27(32)8-1)41-35-14-5-6-15-36(35)44(43-34-13-4-3-9-28(34)20-25-39(41)43)38-24-22-31-18-17-29-11-7-12-30-21-23-37(38)42(31)40(29)30/h1-26H/i1D,2D,3D,4D,5D,6D,8D,9D,10D,13D,14D,15D,16D,19D,20D,25D,26D. The van der Waals surface area contributed by atoms with Gasteiger partial charge in [-0.25, -0.2) is 0 Å². The number of fused-ring (bicyclic) bond motifs is 5. The number of benzene rings is 10. The first-order valence-corrected chi connectivity index (χ1v) is 14.0. The summed E-state index contributed by atoms with van der Waals surface area (Å²) in [5.74, 6) is 0. The van der Waals surface area contributed by atoms with Crippen molar-refractivity contribution in [3.8, 4) is 22.3 Å². The molecule has 0 aliphatic rings. The second kappa shape index (κ2) is 8.89. The van der Waals surface area contributed by atoms with Gasteiger partial charge in [0.15, 0.2) is 0 Å². The van der Waals surface area contributed by atoms with Crippen LogP contribution in [0.4, 0.5) is 0 Å². The van der Waals surface area contributed by atoms with E-state index < -0.39 is 125 Å². The number of hydrogen-bond acceptors (Lipinski definition) is 0. The van der Waals surface area contributed by atoms with E-state index in [1.54, 1.807) is 6.07 Å². The average Bonchev–Trinajstić information content (AvgIpc) is 3.25. The van der Waals surface area contributed by atoms with Crippen LogP contribution in [0.5, 0.6) is 0 Å². The van der Waals surface area contributed by atoms with E-state index in [9.17, 15) is 9.60 Å². The summed E-state index contributed by atoms with van der Waals surface area (Å²) in [6.07, 6.45) is 0. The average molecular weight is 572 g/mol. The minimum absolute atomic E-state index is 0.0362. The third-order valence-electron chi connectivity index (χ3n) is 8.49. The molecule has 0 heteroatoms. The maximum Gasteiger partial charge on any atom is 0.0636 e. The van der Waals surface area contributed by atoms with E-state index in [1.807, 2.05) is 48.5 Å². The highest BCUT2D eigenvalue weighted by Gasteiger charge is 2.21. The van der Waals surface area contributed by atoms with Crippen molar-refractivity contribution in [2.75, 3.05) is 0 Å². The van der Waals surface area contributed by atoms with Crippen molar-refractivity contribution in [2.24, 2.45) is 0 Å². The van der Waals surface area contributed by atoms with Crippen LogP contribution < -0.4 is 0 Å². The lowest BCUT2D eigenvalue weighted by Gasteiger charge is -2.21. The van der Waals surface area contributed by atoms with E-state index >= 15 is 0 Å². The maximum atomic E-state index is 9.71. The van der Waals surface area contributed by atoms with Gasteiger partial charge in [0.25, 0.3) is 0 Å². The van der Waals surface area contributed by atoms with Crippen LogP contribution >= 0.6 is 0 Å². The Bertz CT molecular complexity index is 3710. The summed E-state index contributed by atoms with van der Waals surface area (Å²) < 4.78 is 154. The van der Waals surface area contributed by atoms with Crippen LogP contribution in [0.15, 0.2) is 157 Å². The Balaban J connectivity index is 1.60. The smallest absolute Gasteiger partial charge is 0.0616 e. The number of hydrogen-bond donors (Lipinski definition) is 0. The summed E-state index contributed by atoms with van der Waals surface area (Å²) in [6.45, 7) is 0. The van der Waals surface area contributed by atoms with Gasteiger partial charge in [-0.05, 0) is 104 Å². The summed E-state index contributed by atoms with van der Waals surface area (Å²) in [7, 11) is 0. The SMILES string of the molecule is [2H]c1c([2H])c([2H])c2c([2H])c(-c3c4c([2H])c([2H])c([2H])c([2H])c4c(-c4ccc5ccc6cccc7ccc4c5c67)c4c3c([2H])c([2H])c3c([2H])c([2H])c([2H])c([2H])c34)c([2H])c([2H])c2c1[2H]. The van der Waals surface area contributed by atoms with Gasteiger partial charge >= 0.3 is 0 Å². The van der Waals surface area contributed by atoms with E-state index in [2.05, 4.69) is 0 Å². The normalized spacial score (nSPS) is 17.5. The molecule has 0 fully saturated rings. The van der Waals surface area contributed by atoms with E-state index in [-0.39, 0.29) is 37.9 Å². The van der Waals surface area contributed by atoms with Gasteiger partial charge in [-0.1, -0.05) is 151 Å². The molecule has 0 atom stereocenters. The monoisotopic (exact) mass is 571 g/mol. The highest BCUT2D eigenvalue weighted by molar-refractivity contribution is 6.32. The largest absolute Gasteiger partial charge is 0.0636 e. The van der Waals surface area contributed by atoms with Crippen molar-refractivity contribution < 1.29 is 23.3 Å². The molecule has 10 aromatic rings. The molecule has 0 N–H and O–H groups in total. The molecule has 0 bridgehead atoms. The Morgan fingerprint density at radius 3 is 1.77 bits per heavy atom. The summed E-state index contributed by atoms with van der Waals surface area (Å²) in [4.78, 5) is 0. The molecule has 0 aliphatic carbocycles. The molecule has 0 unspecified atom stereocenters. The third-order valence-corrected chi connectivity index (χ3v) is 8.49. The fourth-order valence-corrected chi connectivity index (χ4v) is 6.66. The Morgan fingerprint density at radius 2 is 0.955 bits per heavy atom. The first-order valence-electron chi connectivity index (χ1n) is 22.5. The van der Waals surface area contributed by atoms with Gasteiger partial charge < -0.3 is 0 Å². The van der Waals surface area contributed by atoms with Gasteiger partial charge in [0.2, 0.25) is 0 Å².